The molecular formula is C36H40F10IN7O7. The fraction of sp³-hybridized carbons (Fsp3) is 0.472. The molecule has 0 aliphatic carbocycles. The summed E-state index contributed by atoms with van der Waals surface area (Å²) in [6.45, 7) is -3.28. The van der Waals surface area contributed by atoms with E-state index in [2.05, 4.69) is 19.9 Å². The number of alkyl halides is 8. The number of aliphatic hydroxyl groups is 1. The average molecular weight is 1000 g/mol. The number of primary amides is 1. The fourth-order valence-electron chi connectivity index (χ4n) is 5.54. The second kappa shape index (κ2) is 19.9. The van der Waals surface area contributed by atoms with Gasteiger partial charge in [0.2, 0.25) is 5.91 Å². The van der Waals surface area contributed by atoms with Crippen molar-refractivity contribution in [2.45, 2.75) is 83.9 Å². The minimum atomic E-state index is -5.26. The van der Waals surface area contributed by atoms with Gasteiger partial charge < -0.3 is 30.9 Å². The summed E-state index contributed by atoms with van der Waals surface area (Å²) in [5, 5.41) is 19.7. The number of aliphatic hydroxyl groups excluding tert-OH is 1. The predicted molar refractivity (Wildman–Crippen MR) is 202 cm³/mol. The second-order valence-corrected chi connectivity index (χ2v) is 15.8. The summed E-state index contributed by atoms with van der Waals surface area (Å²) in [6, 6.07) is 4.33. The molecule has 0 saturated heterocycles. The lowest BCUT2D eigenvalue weighted by atomic mass is 9.82. The van der Waals surface area contributed by atoms with Crippen molar-refractivity contribution in [2.75, 3.05) is 13.7 Å². The highest BCUT2D eigenvalue weighted by Gasteiger charge is 2.58. The zero-order valence-corrected chi connectivity index (χ0v) is 34.8. The van der Waals surface area contributed by atoms with Gasteiger partial charge in [-0.3, -0.25) is 15.0 Å². The van der Waals surface area contributed by atoms with Crippen LogP contribution < -0.4 is 21.8 Å². The van der Waals surface area contributed by atoms with E-state index in [1.165, 1.54) is 12.1 Å². The van der Waals surface area contributed by atoms with Crippen molar-refractivity contribution in [2.24, 2.45) is 16.6 Å². The minimum Gasteiger partial charge on any atom is -0.453 e. The Kier molecular flexibility index (Phi) is 16.4. The topological polar surface area (TPSA) is 190 Å². The molecule has 338 valence electrons. The molecule has 6 N–H and O–H groups in total. The molecule has 61 heavy (non-hydrogen) atoms. The van der Waals surface area contributed by atoms with Gasteiger partial charge in [-0.15, -0.1) is 0 Å². The first kappa shape index (κ1) is 50.4. The van der Waals surface area contributed by atoms with E-state index < -0.39 is 115 Å². The van der Waals surface area contributed by atoms with E-state index in [0.29, 0.717) is 54.0 Å². The Morgan fingerprint density at radius 2 is 1.46 bits per heavy atom. The lowest BCUT2D eigenvalue weighted by Crippen LogP contribution is -2.62. The van der Waals surface area contributed by atoms with E-state index >= 15 is 8.78 Å². The Hall–Kier alpha value is -4.92. The molecule has 0 radical (unpaired) electrons. The highest BCUT2D eigenvalue weighted by atomic mass is 127. The smallest absolute Gasteiger partial charge is 0.407 e. The van der Waals surface area contributed by atoms with Crippen LogP contribution in [0.1, 0.15) is 45.4 Å². The maximum Gasteiger partial charge on any atom is 0.407 e. The van der Waals surface area contributed by atoms with Crippen molar-refractivity contribution in [3.05, 3.63) is 75.0 Å². The first-order chi connectivity index (χ1) is 28.0. The van der Waals surface area contributed by atoms with Gasteiger partial charge >= 0.3 is 31.1 Å². The van der Waals surface area contributed by atoms with Gasteiger partial charge in [-0.25, -0.2) is 28.1 Å². The number of methoxy groups -OCH3 is 1. The number of hydrazine groups is 1. The van der Waals surface area contributed by atoms with Crippen molar-refractivity contribution in [3.8, 4) is 11.3 Å². The number of nitrogens with one attached hydrogen (secondary N) is 3. The van der Waals surface area contributed by atoms with Crippen LogP contribution in [0.25, 0.3) is 11.3 Å². The number of amides is 4. The van der Waals surface area contributed by atoms with Gasteiger partial charge in [0.25, 0.3) is 5.91 Å². The number of carbonyl (C=O) groups is 4. The molecule has 0 bridgehead atoms. The van der Waals surface area contributed by atoms with Crippen molar-refractivity contribution in [3.63, 3.8) is 0 Å². The number of alkyl carbamates (subject to hydrolysis) is 1. The third kappa shape index (κ3) is 12.8. The van der Waals surface area contributed by atoms with E-state index in [4.69, 9.17) is 5.73 Å². The number of rotatable bonds is 17. The van der Waals surface area contributed by atoms with Gasteiger partial charge in [0.15, 0.2) is 6.10 Å². The molecule has 0 aliphatic rings. The van der Waals surface area contributed by atoms with E-state index in [0.717, 1.165) is 19.4 Å². The Bertz CT molecular complexity index is 2010. The molecule has 0 spiro atoms. The highest BCUT2D eigenvalue weighted by Crippen LogP contribution is 2.42. The predicted octanol–water partition coefficient (Wildman–Crippen LogP) is 6.12. The molecule has 3 rings (SSSR count). The molecule has 0 aliphatic heterocycles. The maximum atomic E-state index is 15.7. The highest BCUT2D eigenvalue weighted by molar-refractivity contribution is 14.1. The van der Waals surface area contributed by atoms with Crippen molar-refractivity contribution in [1.82, 2.24) is 30.8 Å². The molecule has 14 nitrogen and oxygen atoms in total. The van der Waals surface area contributed by atoms with E-state index in [1.54, 1.807) is 17.4 Å². The minimum absolute atomic E-state index is 0.188. The zero-order chi connectivity index (χ0) is 46.4. The van der Waals surface area contributed by atoms with Gasteiger partial charge in [-0.2, -0.15) is 40.2 Å². The Balaban J connectivity index is 2.15. The van der Waals surface area contributed by atoms with Crippen molar-refractivity contribution < 1.29 is 77.7 Å². The van der Waals surface area contributed by atoms with Crippen molar-refractivity contribution >= 4 is 46.6 Å². The molecule has 3 aromatic rings. The molecule has 1 heterocycles. The SMILES string of the molecule is COC(=O)NC(C(=O)NC(Cc1ccc(I)cc1)C(O)CN(Cc1c(F)cc(-c2ccn(C(F)F)n2)cc1F)NC(=O)C(OC(N)=O)C(C)(C)C(F)(F)F)C(C)(C)C(F)(F)F. The largest absolute Gasteiger partial charge is 0.453 e. The monoisotopic (exact) mass is 999 g/mol. The molecule has 4 atom stereocenters. The number of nitrogens with two attached hydrogens (primary N) is 1. The average Bonchev–Trinajstić information content (AvgIpc) is 3.64. The number of nitrogens with zero attached hydrogens (tertiary/aromatic N) is 3. The third-order valence-corrected chi connectivity index (χ3v) is 10.2. The van der Waals surface area contributed by atoms with Gasteiger partial charge in [-0.1, -0.05) is 12.1 Å². The van der Waals surface area contributed by atoms with Crippen LogP contribution in [-0.2, 0) is 32.0 Å². The first-order valence-electron chi connectivity index (χ1n) is 17.5. The number of hydrogen-bond acceptors (Lipinski definition) is 9. The summed E-state index contributed by atoms with van der Waals surface area (Å²) in [4.78, 5) is 51.1. The summed E-state index contributed by atoms with van der Waals surface area (Å²) >= 11 is 1.95. The maximum absolute atomic E-state index is 15.7. The van der Waals surface area contributed by atoms with Gasteiger partial charge in [0.05, 0.1) is 30.4 Å². The number of aromatic nitrogens is 2. The summed E-state index contributed by atoms with van der Waals surface area (Å²) in [7, 11) is 0.811. The molecular weight excluding hydrogens is 959 g/mol. The number of benzene rings is 2. The van der Waals surface area contributed by atoms with E-state index in [-0.39, 0.29) is 15.9 Å². The Labute approximate surface area is 354 Å². The summed E-state index contributed by atoms with van der Waals surface area (Å²) < 4.78 is 153. The summed E-state index contributed by atoms with van der Waals surface area (Å²) in [5.74, 6) is -6.17. The first-order valence-corrected chi connectivity index (χ1v) is 18.6. The summed E-state index contributed by atoms with van der Waals surface area (Å²) in [5.41, 5.74) is -0.596. The Morgan fingerprint density at radius 1 is 0.902 bits per heavy atom. The van der Waals surface area contributed by atoms with Crippen LogP contribution in [-0.4, -0.2) is 94.2 Å². The van der Waals surface area contributed by atoms with Crippen LogP contribution in [0.5, 0.6) is 0 Å². The molecule has 25 heteroatoms. The van der Waals surface area contributed by atoms with Gasteiger partial charge in [0, 0.05) is 34.0 Å². The van der Waals surface area contributed by atoms with Crippen LogP contribution in [0.3, 0.4) is 0 Å². The van der Waals surface area contributed by atoms with Crippen LogP contribution in [0, 0.1) is 26.0 Å². The van der Waals surface area contributed by atoms with Crippen LogP contribution in [0.15, 0.2) is 48.7 Å². The molecule has 0 saturated carbocycles. The second-order valence-electron chi connectivity index (χ2n) is 14.6. The zero-order valence-electron chi connectivity index (χ0n) is 32.6. The van der Waals surface area contributed by atoms with Gasteiger partial charge in [0.1, 0.15) is 23.1 Å². The van der Waals surface area contributed by atoms with Crippen LogP contribution in [0.4, 0.5) is 53.5 Å². The third-order valence-electron chi connectivity index (χ3n) is 9.45. The summed E-state index contributed by atoms with van der Waals surface area (Å²) in [6.07, 6.45) is -18.2. The Morgan fingerprint density at radius 3 is 1.93 bits per heavy atom. The van der Waals surface area contributed by atoms with Gasteiger partial charge in [-0.05, 0) is 92.6 Å². The molecule has 4 unspecified atom stereocenters. The van der Waals surface area contributed by atoms with Crippen LogP contribution >= 0.6 is 22.6 Å². The normalized spacial score (nSPS) is 14.5. The molecule has 2 aromatic carbocycles. The van der Waals surface area contributed by atoms with Crippen LogP contribution in [0.2, 0.25) is 0 Å². The van der Waals surface area contributed by atoms with E-state index in [1.807, 2.05) is 28.0 Å². The molecule has 0 fully saturated rings. The number of ether oxygens (including phenoxy) is 2. The fourth-order valence-corrected chi connectivity index (χ4v) is 5.90. The lowest BCUT2D eigenvalue weighted by Gasteiger charge is -2.37. The molecule has 4 amide bonds. The number of hydrogen-bond donors (Lipinski definition) is 5. The number of halogens is 11. The lowest BCUT2D eigenvalue weighted by molar-refractivity contribution is -0.239. The number of carbonyl (C=O) groups excluding carboxylic acids is 4. The standard InChI is InChI=1S/C36H40F10IN7O7/c1-33(2,35(41,42)43)26(50-32(59)60-5)28(56)49-24(12-17-6-8-19(47)9-7-17)25(55)16-53(52-29(57)27(61-31(48)58)34(3,4)36(44,45)46)15-20-21(37)13-18(14-22(20)38)23-10-11-54(51-23)30(39)40/h6-11,13-14,24-27,30,55H,12,15-16H2,1-5H3,(H2,48,58)(H,49,56)(H,50,59)(H,52,57). The van der Waals surface area contributed by atoms with E-state index in [9.17, 15) is 59.4 Å². The van der Waals surface area contributed by atoms with Crippen molar-refractivity contribution in [1.29, 1.82) is 0 Å². The molecule has 1 aromatic heterocycles. The quantitative estimate of drug-likeness (QED) is 0.0604.